The zero-order chi connectivity index (χ0) is 14.4. The van der Waals surface area contributed by atoms with Gasteiger partial charge in [-0.25, -0.2) is 0 Å². The first-order chi connectivity index (χ1) is 9.72. The van der Waals surface area contributed by atoms with E-state index in [4.69, 9.17) is 0 Å². The van der Waals surface area contributed by atoms with E-state index in [9.17, 15) is 9.90 Å². The molecule has 0 aliphatic heterocycles. The summed E-state index contributed by atoms with van der Waals surface area (Å²) in [7, 11) is 0. The minimum Gasteiger partial charge on any atom is -0.480 e. The average molecular weight is 284 g/mol. The highest BCUT2D eigenvalue weighted by Crippen LogP contribution is 1.95. The number of nitrogens with one attached hydrogen (secondary N) is 1. The van der Waals surface area contributed by atoms with Crippen molar-refractivity contribution in [2.75, 3.05) is 5.75 Å². The number of carbonyl (C=O) groups is 1. The van der Waals surface area contributed by atoms with Gasteiger partial charge in [-0.3, -0.25) is 4.79 Å². The molecule has 3 nitrogen and oxygen atoms in total. The minimum atomic E-state index is -0.900. The van der Waals surface area contributed by atoms with Crippen LogP contribution in [0.4, 0.5) is 0 Å². The van der Waals surface area contributed by atoms with Gasteiger partial charge in [0, 0.05) is 5.75 Å². The van der Waals surface area contributed by atoms with Crippen LogP contribution in [0, 0.1) is 6.07 Å². The molecule has 0 heterocycles. The van der Waals surface area contributed by atoms with Gasteiger partial charge in [0.05, 0.1) is 0 Å². The molecule has 0 saturated carbocycles. The Kier molecular flexibility index (Phi) is 5.27. The molecule has 0 bridgehead atoms. The van der Waals surface area contributed by atoms with Gasteiger partial charge in [0.25, 0.3) is 6.85 Å². The molecule has 2 rings (SSSR count). The number of hydrogen-bond donors (Lipinski definition) is 3. The number of benzene rings is 2. The summed E-state index contributed by atoms with van der Waals surface area (Å²) in [5, 5.41) is 12.3. The standard InChI is InChI=1S/C15H15BNO2S/c18-15(19)14(11-20)17-16(12-7-3-1-4-8-12)13-9-5-2-6-10-13/h1,3-10,14,17,20H,11H2,(H,18,19)/t14-/m0/s1. The zero-order valence-electron chi connectivity index (χ0n) is 10.9. The van der Waals surface area contributed by atoms with Crippen molar-refractivity contribution in [1.29, 1.82) is 0 Å². The predicted octanol–water partition coefficient (Wildman–Crippen LogP) is 0.565. The SMILES string of the molecule is O=C(O)[C@H](CS)NB(c1cc[c]cc1)c1ccccc1. The van der Waals surface area contributed by atoms with Crippen LogP contribution in [0.5, 0.6) is 0 Å². The summed E-state index contributed by atoms with van der Waals surface area (Å²) >= 11 is 4.10. The third kappa shape index (κ3) is 3.65. The molecule has 0 aliphatic carbocycles. The summed E-state index contributed by atoms with van der Waals surface area (Å²) in [5.41, 5.74) is 2.02. The van der Waals surface area contributed by atoms with Crippen LogP contribution < -0.4 is 16.2 Å². The molecule has 0 spiro atoms. The lowest BCUT2D eigenvalue weighted by Crippen LogP contribution is -2.59. The van der Waals surface area contributed by atoms with Crippen molar-refractivity contribution in [3.63, 3.8) is 0 Å². The van der Waals surface area contributed by atoms with Crippen LogP contribution in [0.3, 0.4) is 0 Å². The molecule has 0 unspecified atom stereocenters. The highest BCUT2D eigenvalue weighted by atomic mass is 32.1. The summed E-state index contributed by atoms with van der Waals surface area (Å²) in [6.07, 6.45) is 0. The first-order valence-corrected chi connectivity index (χ1v) is 6.96. The van der Waals surface area contributed by atoms with Crippen molar-refractivity contribution < 1.29 is 9.90 Å². The van der Waals surface area contributed by atoms with Crippen molar-refractivity contribution in [1.82, 2.24) is 5.23 Å². The van der Waals surface area contributed by atoms with E-state index in [1.165, 1.54) is 0 Å². The Morgan fingerprint density at radius 1 is 1.20 bits per heavy atom. The molecule has 0 amide bonds. The summed E-state index contributed by atoms with van der Waals surface area (Å²) in [6, 6.07) is 19.6. The van der Waals surface area contributed by atoms with Crippen molar-refractivity contribution in [3.05, 3.63) is 60.7 Å². The van der Waals surface area contributed by atoms with Crippen molar-refractivity contribution in [2.45, 2.75) is 6.04 Å². The molecule has 0 fully saturated rings. The average Bonchev–Trinajstić information content (AvgIpc) is 2.50. The largest absolute Gasteiger partial charge is 0.480 e. The fourth-order valence-corrected chi connectivity index (χ4v) is 2.29. The lowest BCUT2D eigenvalue weighted by atomic mass is 9.50. The maximum atomic E-state index is 11.2. The van der Waals surface area contributed by atoms with E-state index in [1.54, 1.807) is 0 Å². The topological polar surface area (TPSA) is 49.3 Å². The van der Waals surface area contributed by atoms with Crippen molar-refractivity contribution >= 4 is 36.4 Å². The number of carboxylic acids is 1. The molecule has 5 heteroatoms. The van der Waals surface area contributed by atoms with Gasteiger partial charge in [-0.15, -0.1) is 0 Å². The first-order valence-electron chi connectivity index (χ1n) is 6.33. The predicted molar refractivity (Wildman–Crippen MR) is 85.2 cm³/mol. The van der Waals surface area contributed by atoms with Gasteiger partial charge in [0.15, 0.2) is 0 Å². The van der Waals surface area contributed by atoms with Crippen LogP contribution in [0.25, 0.3) is 0 Å². The molecule has 1 atom stereocenters. The third-order valence-corrected chi connectivity index (χ3v) is 3.42. The number of aliphatic carboxylic acids is 1. The molecule has 2 N–H and O–H groups in total. The molecular weight excluding hydrogens is 269 g/mol. The van der Waals surface area contributed by atoms with Gasteiger partial charge in [-0.1, -0.05) is 65.5 Å². The second kappa shape index (κ2) is 7.17. The Morgan fingerprint density at radius 2 is 1.80 bits per heavy atom. The Labute approximate surface area is 124 Å². The van der Waals surface area contributed by atoms with Crippen LogP contribution in [0.2, 0.25) is 0 Å². The number of hydrogen-bond acceptors (Lipinski definition) is 3. The molecule has 0 saturated heterocycles. The van der Waals surface area contributed by atoms with E-state index < -0.39 is 12.0 Å². The highest BCUT2D eigenvalue weighted by molar-refractivity contribution is 7.80. The van der Waals surface area contributed by atoms with E-state index in [2.05, 4.69) is 23.9 Å². The zero-order valence-corrected chi connectivity index (χ0v) is 11.8. The Bertz CT molecular complexity index is 511. The molecule has 0 aromatic heterocycles. The van der Waals surface area contributed by atoms with Crippen LogP contribution in [-0.2, 0) is 4.79 Å². The van der Waals surface area contributed by atoms with Crippen molar-refractivity contribution in [2.24, 2.45) is 0 Å². The number of rotatable bonds is 6. The van der Waals surface area contributed by atoms with Gasteiger partial charge < -0.3 is 10.3 Å². The molecule has 20 heavy (non-hydrogen) atoms. The second-order valence-electron chi connectivity index (χ2n) is 4.42. The lowest BCUT2D eigenvalue weighted by molar-refractivity contribution is -0.138. The Hall–Kier alpha value is -1.72. The van der Waals surface area contributed by atoms with Crippen LogP contribution >= 0.6 is 12.6 Å². The fourth-order valence-electron chi connectivity index (χ4n) is 2.03. The summed E-state index contributed by atoms with van der Waals surface area (Å²) in [4.78, 5) is 11.2. The van der Waals surface area contributed by atoms with Gasteiger partial charge in [-0.05, 0) is 6.07 Å². The van der Waals surface area contributed by atoms with Crippen LogP contribution in [0.15, 0.2) is 54.6 Å². The van der Waals surface area contributed by atoms with E-state index in [0.29, 0.717) is 0 Å². The number of carboxylic acid groups (broad SMARTS) is 1. The monoisotopic (exact) mass is 284 g/mol. The smallest absolute Gasteiger partial charge is 0.320 e. The molecule has 1 radical (unpaired) electrons. The van der Waals surface area contributed by atoms with Gasteiger partial charge in [-0.2, -0.15) is 12.6 Å². The van der Waals surface area contributed by atoms with Gasteiger partial charge in [0.1, 0.15) is 6.04 Å². The van der Waals surface area contributed by atoms with E-state index in [0.717, 1.165) is 10.9 Å². The van der Waals surface area contributed by atoms with E-state index >= 15 is 0 Å². The van der Waals surface area contributed by atoms with Gasteiger partial charge in [0.2, 0.25) is 0 Å². The van der Waals surface area contributed by atoms with Crippen molar-refractivity contribution in [3.8, 4) is 0 Å². The second-order valence-corrected chi connectivity index (χ2v) is 4.78. The summed E-state index contributed by atoms with van der Waals surface area (Å²) < 4.78 is 0. The van der Waals surface area contributed by atoms with E-state index in [1.807, 2.05) is 54.6 Å². The summed E-state index contributed by atoms with van der Waals surface area (Å²) in [6.45, 7) is -0.181. The first kappa shape index (κ1) is 14.7. The third-order valence-electron chi connectivity index (χ3n) is 3.06. The van der Waals surface area contributed by atoms with E-state index in [-0.39, 0.29) is 12.6 Å². The normalized spacial score (nSPS) is 11.8. The minimum absolute atomic E-state index is 0.181. The number of thiol groups is 1. The highest BCUT2D eigenvalue weighted by Gasteiger charge is 2.25. The molecule has 2 aromatic carbocycles. The maximum Gasteiger partial charge on any atom is 0.320 e. The van der Waals surface area contributed by atoms with Crippen LogP contribution in [-0.4, -0.2) is 29.7 Å². The summed E-state index contributed by atoms with van der Waals surface area (Å²) in [5.74, 6) is -0.666. The lowest BCUT2D eigenvalue weighted by Gasteiger charge is -2.20. The molecule has 2 aromatic rings. The Balaban J connectivity index is 2.32. The van der Waals surface area contributed by atoms with Crippen LogP contribution in [0.1, 0.15) is 0 Å². The maximum absolute atomic E-state index is 11.2. The quantitative estimate of drug-likeness (QED) is 0.537. The fraction of sp³-hybridized carbons (Fsp3) is 0.133. The molecule has 0 aliphatic rings. The van der Waals surface area contributed by atoms with Gasteiger partial charge >= 0.3 is 5.97 Å². The Morgan fingerprint density at radius 3 is 2.35 bits per heavy atom. The molecular formula is C15H15BNO2S. The molecule has 101 valence electrons.